The third-order valence-electron chi connectivity index (χ3n) is 4.92. The molecule has 0 atom stereocenters. The Labute approximate surface area is 175 Å². The fraction of sp³-hybridized carbons (Fsp3) is 0.300. The second kappa shape index (κ2) is 8.62. The van der Waals surface area contributed by atoms with Crippen LogP contribution in [0, 0.1) is 5.92 Å². The number of benzene rings is 1. The van der Waals surface area contributed by atoms with E-state index in [1.165, 1.54) is 12.1 Å². The van der Waals surface area contributed by atoms with Crippen LogP contribution in [-0.2, 0) is 4.79 Å². The van der Waals surface area contributed by atoms with Gasteiger partial charge in [-0.25, -0.2) is 4.68 Å². The van der Waals surface area contributed by atoms with Gasteiger partial charge < -0.3 is 15.0 Å². The molecule has 1 aliphatic heterocycles. The van der Waals surface area contributed by atoms with Crippen molar-refractivity contribution in [2.75, 3.05) is 23.3 Å². The number of carbonyl (C=O) groups is 1. The number of rotatable bonds is 5. The van der Waals surface area contributed by atoms with Gasteiger partial charge in [-0.1, -0.05) is 0 Å². The number of nitrogens with one attached hydrogen (secondary N) is 1. The number of ether oxygens (including phenoxy) is 1. The van der Waals surface area contributed by atoms with Crippen molar-refractivity contribution < 1.29 is 22.7 Å². The summed E-state index contributed by atoms with van der Waals surface area (Å²) in [6.45, 7) is 1.29. The normalized spacial score (nSPS) is 15.0. The summed E-state index contributed by atoms with van der Waals surface area (Å²) in [5.41, 5.74) is 0.419. The van der Waals surface area contributed by atoms with E-state index >= 15 is 0 Å². The number of piperidine rings is 1. The number of alkyl halides is 3. The van der Waals surface area contributed by atoms with Crippen molar-refractivity contribution in [1.82, 2.24) is 20.0 Å². The largest absolute Gasteiger partial charge is 0.573 e. The van der Waals surface area contributed by atoms with E-state index in [1.807, 2.05) is 12.1 Å². The first-order chi connectivity index (χ1) is 14.9. The van der Waals surface area contributed by atoms with Gasteiger partial charge in [-0.2, -0.15) is 5.10 Å². The predicted molar refractivity (Wildman–Crippen MR) is 106 cm³/mol. The zero-order valence-electron chi connectivity index (χ0n) is 16.3. The molecule has 1 aliphatic rings. The number of hydrogen-bond acceptors (Lipinski definition) is 6. The minimum absolute atomic E-state index is 0.163. The monoisotopic (exact) mass is 432 g/mol. The molecule has 1 fully saturated rings. The maximum Gasteiger partial charge on any atom is 0.573 e. The number of amides is 1. The predicted octanol–water partition coefficient (Wildman–Crippen LogP) is 3.42. The highest BCUT2D eigenvalue weighted by Gasteiger charge is 2.31. The van der Waals surface area contributed by atoms with Gasteiger partial charge in [0.05, 0.1) is 0 Å². The highest BCUT2D eigenvalue weighted by Crippen LogP contribution is 2.26. The van der Waals surface area contributed by atoms with Crippen molar-refractivity contribution in [3.63, 3.8) is 0 Å². The summed E-state index contributed by atoms with van der Waals surface area (Å²) in [5, 5.41) is 15.3. The van der Waals surface area contributed by atoms with E-state index < -0.39 is 6.36 Å². The summed E-state index contributed by atoms with van der Waals surface area (Å²) in [5.74, 6) is 0.658. The van der Waals surface area contributed by atoms with Crippen molar-refractivity contribution in [2.45, 2.75) is 19.2 Å². The molecule has 1 amide bonds. The molecule has 0 saturated carbocycles. The molecule has 0 spiro atoms. The lowest BCUT2D eigenvalue weighted by Gasteiger charge is -2.31. The van der Waals surface area contributed by atoms with Gasteiger partial charge in [0.15, 0.2) is 11.6 Å². The topological polar surface area (TPSA) is 85.2 Å². The van der Waals surface area contributed by atoms with Gasteiger partial charge in [0.25, 0.3) is 0 Å². The highest BCUT2D eigenvalue weighted by molar-refractivity contribution is 5.92. The second-order valence-electron chi connectivity index (χ2n) is 7.02. The molecule has 11 heteroatoms. The average Bonchev–Trinajstić information content (AvgIpc) is 3.29. The lowest BCUT2D eigenvalue weighted by atomic mass is 9.96. The summed E-state index contributed by atoms with van der Waals surface area (Å²) in [6, 6.07) is 10.6. The van der Waals surface area contributed by atoms with E-state index in [2.05, 4.69) is 30.2 Å². The molecular weight excluding hydrogens is 413 g/mol. The fourth-order valence-electron chi connectivity index (χ4n) is 3.37. The Morgan fingerprint density at radius 3 is 2.29 bits per heavy atom. The number of halogens is 3. The van der Waals surface area contributed by atoms with E-state index in [4.69, 9.17) is 0 Å². The van der Waals surface area contributed by atoms with Crippen LogP contribution in [0.4, 0.5) is 24.7 Å². The molecule has 0 aliphatic carbocycles. The smallest absolute Gasteiger partial charge is 0.406 e. The summed E-state index contributed by atoms with van der Waals surface area (Å²) in [6.07, 6.45) is -0.0449. The fourth-order valence-corrected chi connectivity index (χ4v) is 3.37. The Hall–Kier alpha value is -3.63. The standard InChI is InChI=1S/C20H19F3N6O2/c21-20(22,23)31-16-4-2-15(3-5-16)25-19(30)14-8-12-28(13-9-14)17-6-7-18(27-26-17)29-11-1-10-24-29/h1-7,10-11,14H,8-9,12-13H2,(H,25,30). The summed E-state index contributed by atoms with van der Waals surface area (Å²) >= 11 is 0. The summed E-state index contributed by atoms with van der Waals surface area (Å²) in [7, 11) is 0. The zero-order chi connectivity index (χ0) is 21.8. The molecule has 2 aromatic heterocycles. The van der Waals surface area contributed by atoms with E-state index in [9.17, 15) is 18.0 Å². The first-order valence-electron chi connectivity index (χ1n) is 9.63. The Balaban J connectivity index is 1.29. The Bertz CT molecular complexity index is 999. The number of aromatic nitrogens is 4. The first kappa shape index (κ1) is 20.6. The second-order valence-corrected chi connectivity index (χ2v) is 7.02. The maximum atomic E-state index is 12.5. The van der Waals surface area contributed by atoms with Gasteiger partial charge in [0, 0.05) is 37.1 Å². The summed E-state index contributed by atoms with van der Waals surface area (Å²) < 4.78 is 42.1. The van der Waals surface area contributed by atoms with E-state index in [1.54, 1.807) is 23.1 Å². The molecule has 1 saturated heterocycles. The average molecular weight is 432 g/mol. The van der Waals surface area contributed by atoms with Gasteiger partial charge in [-0.3, -0.25) is 4.79 Å². The van der Waals surface area contributed by atoms with Crippen LogP contribution in [0.15, 0.2) is 54.9 Å². The van der Waals surface area contributed by atoms with E-state index in [0.717, 1.165) is 18.0 Å². The third-order valence-corrected chi connectivity index (χ3v) is 4.92. The van der Waals surface area contributed by atoms with Gasteiger partial charge >= 0.3 is 6.36 Å². The first-order valence-corrected chi connectivity index (χ1v) is 9.63. The van der Waals surface area contributed by atoms with E-state index in [-0.39, 0.29) is 17.6 Å². The van der Waals surface area contributed by atoms with Crippen molar-refractivity contribution in [2.24, 2.45) is 5.92 Å². The molecular formula is C20H19F3N6O2. The molecule has 1 N–H and O–H groups in total. The Morgan fingerprint density at radius 2 is 1.71 bits per heavy atom. The lowest BCUT2D eigenvalue weighted by molar-refractivity contribution is -0.274. The molecule has 0 radical (unpaired) electrons. The van der Waals surface area contributed by atoms with Crippen molar-refractivity contribution in [3.05, 3.63) is 54.9 Å². The lowest BCUT2D eigenvalue weighted by Crippen LogP contribution is -2.38. The van der Waals surface area contributed by atoms with Crippen LogP contribution in [0.3, 0.4) is 0 Å². The van der Waals surface area contributed by atoms with Crippen LogP contribution in [0.5, 0.6) is 5.75 Å². The number of hydrogen-bond donors (Lipinski definition) is 1. The van der Waals surface area contributed by atoms with Crippen LogP contribution < -0.4 is 15.0 Å². The van der Waals surface area contributed by atoms with Crippen LogP contribution in [0.1, 0.15) is 12.8 Å². The number of nitrogens with zero attached hydrogens (tertiary/aromatic N) is 5. The van der Waals surface area contributed by atoms with Crippen LogP contribution in [0.2, 0.25) is 0 Å². The minimum Gasteiger partial charge on any atom is -0.406 e. The SMILES string of the molecule is O=C(Nc1ccc(OC(F)(F)F)cc1)C1CCN(c2ccc(-n3cccn3)nn2)CC1. The molecule has 0 bridgehead atoms. The molecule has 3 heterocycles. The maximum absolute atomic E-state index is 12.5. The molecule has 4 rings (SSSR count). The van der Waals surface area contributed by atoms with Gasteiger partial charge in [0.1, 0.15) is 5.75 Å². The molecule has 0 unspecified atom stereocenters. The molecule has 1 aromatic carbocycles. The molecule has 162 valence electrons. The van der Waals surface area contributed by atoms with E-state index in [0.29, 0.717) is 37.4 Å². The molecule has 8 nitrogen and oxygen atoms in total. The van der Waals surface area contributed by atoms with Crippen molar-refractivity contribution >= 4 is 17.4 Å². The highest BCUT2D eigenvalue weighted by atomic mass is 19.4. The quantitative estimate of drug-likeness (QED) is 0.665. The van der Waals surface area contributed by atoms with Crippen LogP contribution in [0.25, 0.3) is 5.82 Å². The number of anilines is 2. The summed E-state index contributed by atoms with van der Waals surface area (Å²) in [4.78, 5) is 14.6. The van der Waals surface area contributed by atoms with Crippen LogP contribution >= 0.6 is 0 Å². The molecule has 31 heavy (non-hydrogen) atoms. The third kappa shape index (κ3) is 5.30. The van der Waals surface area contributed by atoms with Crippen molar-refractivity contribution in [1.29, 1.82) is 0 Å². The Kier molecular flexibility index (Phi) is 5.74. The van der Waals surface area contributed by atoms with Gasteiger partial charge in [0.2, 0.25) is 5.91 Å². The number of carbonyl (C=O) groups excluding carboxylic acids is 1. The van der Waals surface area contributed by atoms with Gasteiger partial charge in [-0.05, 0) is 55.3 Å². The van der Waals surface area contributed by atoms with Crippen molar-refractivity contribution in [3.8, 4) is 11.6 Å². The minimum atomic E-state index is -4.75. The Morgan fingerprint density at radius 1 is 1.03 bits per heavy atom. The molecule has 3 aromatic rings. The zero-order valence-corrected chi connectivity index (χ0v) is 16.3. The van der Waals surface area contributed by atoms with Crippen LogP contribution in [-0.4, -0.2) is 45.3 Å². The van der Waals surface area contributed by atoms with Gasteiger partial charge in [-0.15, -0.1) is 23.4 Å².